The van der Waals surface area contributed by atoms with Crippen molar-refractivity contribution in [3.63, 3.8) is 0 Å². The number of aliphatic hydroxyl groups is 1. The van der Waals surface area contributed by atoms with E-state index in [4.69, 9.17) is 5.11 Å². The molecule has 96 valence electrons. The zero-order valence-corrected chi connectivity index (χ0v) is 10.2. The number of halogens is 2. The Bertz CT molecular complexity index is 325. The normalized spacial score (nSPS) is 13.4. The highest BCUT2D eigenvalue weighted by Gasteiger charge is 2.11. The molecule has 0 fully saturated rings. The summed E-state index contributed by atoms with van der Waals surface area (Å²) < 4.78 is 24.6. The van der Waals surface area contributed by atoms with Crippen molar-refractivity contribution < 1.29 is 13.9 Å². The highest BCUT2D eigenvalue weighted by atomic mass is 19.3. The summed E-state index contributed by atoms with van der Waals surface area (Å²) in [6, 6.07) is 6.27. The van der Waals surface area contributed by atoms with Crippen molar-refractivity contribution in [1.82, 2.24) is 5.32 Å². The summed E-state index contributed by atoms with van der Waals surface area (Å²) in [5, 5.41) is 12.3. The number of benzene rings is 1. The molecule has 1 unspecified atom stereocenters. The highest BCUT2D eigenvalue weighted by molar-refractivity contribution is 5.23. The third-order valence-electron chi connectivity index (χ3n) is 2.80. The first-order valence-electron chi connectivity index (χ1n) is 5.75. The quantitative estimate of drug-likeness (QED) is 0.805. The monoisotopic (exact) mass is 243 g/mol. The predicted molar refractivity (Wildman–Crippen MR) is 64.0 cm³/mol. The van der Waals surface area contributed by atoms with Crippen LogP contribution in [0.15, 0.2) is 24.3 Å². The Morgan fingerprint density at radius 3 is 2.18 bits per heavy atom. The third-order valence-corrected chi connectivity index (χ3v) is 2.80. The zero-order chi connectivity index (χ0) is 12.8. The first kappa shape index (κ1) is 14.1. The van der Waals surface area contributed by atoms with Crippen LogP contribution in [0.2, 0.25) is 0 Å². The number of hydrogen-bond donors (Lipinski definition) is 2. The Kier molecular flexibility index (Phi) is 5.51. The molecular weight excluding hydrogens is 224 g/mol. The molecule has 0 saturated carbocycles. The molecule has 0 amide bonds. The van der Waals surface area contributed by atoms with Crippen molar-refractivity contribution >= 4 is 0 Å². The van der Waals surface area contributed by atoms with Gasteiger partial charge in [-0.05, 0) is 11.5 Å². The van der Waals surface area contributed by atoms with Gasteiger partial charge in [-0.1, -0.05) is 38.1 Å². The average molecular weight is 243 g/mol. The van der Waals surface area contributed by atoms with Crippen molar-refractivity contribution in [3.8, 4) is 0 Å². The molecule has 2 nitrogen and oxygen atoms in total. The maximum atomic E-state index is 12.3. The molecule has 4 heteroatoms. The van der Waals surface area contributed by atoms with Gasteiger partial charge in [-0.25, -0.2) is 8.78 Å². The molecule has 0 aliphatic heterocycles. The van der Waals surface area contributed by atoms with Crippen LogP contribution in [0.5, 0.6) is 0 Å². The Morgan fingerprint density at radius 1 is 1.18 bits per heavy atom. The van der Waals surface area contributed by atoms with E-state index in [1.165, 1.54) is 12.1 Å². The second kappa shape index (κ2) is 6.67. The standard InChI is InChI=1S/C13H19F2NO/c1-9(2)12(8-17)16-7-10-3-5-11(6-4-10)13(14)15/h3-6,9,12-13,16-17H,7-8H2,1-2H3. The largest absolute Gasteiger partial charge is 0.395 e. The summed E-state index contributed by atoms with van der Waals surface area (Å²) in [6.07, 6.45) is -2.42. The highest BCUT2D eigenvalue weighted by Crippen LogP contribution is 2.18. The Morgan fingerprint density at radius 2 is 1.76 bits per heavy atom. The molecule has 0 aromatic heterocycles. The van der Waals surface area contributed by atoms with Gasteiger partial charge in [0.2, 0.25) is 0 Å². The molecular formula is C13H19F2NO. The molecule has 17 heavy (non-hydrogen) atoms. The zero-order valence-electron chi connectivity index (χ0n) is 10.2. The van der Waals surface area contributed by atoms with Gasteiger partial charge in [-0.2, -0.15) is 0 Å². The summed E-state index contributed by atoms with van der Waals surface area (Å²) in [6.45, 7) is 4.70. The third kappa shape index (κ3) is 4.40. The lowest BCUT2D eigenvalue weighted by Gasteiger charge is -2.20. The van der Waals surface area contributed by atoms with Crippen LogP contribution in [0.1, 0.15) is 31.4 Å². The minimum atomic E-state index is -2.42. The summed E-state index contributed by atoms with van der Waals surface area (Å²) in [7, 11) is 0. The molecule has 0 bridgehead atoms. The van der Waals surface area contributed by atoms with Gasteiger partial charge in [-0.3, -0.25) is 0 Å². The van der Waals surface area contributed by atoms with E-state index in [2.05, 4.69) is 5.32 Å². The SMILES string of the molecule is CC(C)C(CO)NCc1ccc(C(F)F)cc1. The van der Waals surface area contributed by atoms with E-state index in [0.29, 0.717) is 12.5 Å². The van der Waals surface area contributed by atoms with E-state index >= 15 is 0 Å². The van der Waals surface area contributed by atoms with Crippen LogP contribution >= 0.6 is 0 Å². The van der Waals surface area contributed by atoms with Gasteiger partial charge < -0.3 is 10.4 Å². The van der Waals surface area contributed by atoms with Gasteiger partial charge >= 0.3 is 0 Å². The molecule has 2 N–H and O–H groups in total. The van der Waals surface area contributed by atoms with Gasteiger partial charge in [0.15, 0.2) is 0 Å². The molecule has 0 aliphatic rings. The Hall–Kier alpha value is -1.00. The van der Waals surface area contributed by atoms with Crippen molar-refractivity contribution in [2.75, 3.05) is 6.61 Å². The molecule has 0 spiro atoms. The van der Waals surface area contributed by atoms with Crippen LogP contribution in [0.25, 0.3) is 0 Å². The van der Waals surface area contributed by atoms with Gasteiger partial charge in [0, 0.05) is 18.2 Å². The number of rotatable bonds is 6. The van der Waals surface area contributed by atoms with Gasteiger partial charge in [0.05, 0.1) is 6.61 Å². The molecule has 1 aromatic rings. The summed E-state index contributed by atoms with van der Waals surface area (Å²) in [5.74, 6) is 0.334. The number of hydrogen-bond acceptors (Lipinski definition) is 2. The van der Waals surface area contributed by atoms with Crippen LogP contribution in [-0.2, 0) is 6.54 Å². The maximum absolute atomic E-state index is 12.3. The van der Waals surface area contributed by atoms with Crippen LogP contribution < -0.4 is 5.32 Å². The van der Waals surface area contributed by atoms with Crippen molar-refractivity contribution in [3.05, 3.63) is 35.4 Å². The molecule has 1 aromatic carbocycles. The second-order valence-electron chi connectivity index (χ2n) is 4.46. The van der Waals surface area contributed by atoms with Crippen LogP contribution in [0.4, 0.5) is 8.78 Å². The molecule has 0 aliphatic carbocycles. The van der Waals surface area contributed by atoms with Crippen LogP contribution in [-0.4, -0.2) is 17.8 Å². The minimum absolute atomic E-state index is 0.0322. The van der Waals surface area contributed by atoms with Crippen molar-refractivity contribution in [2.24, 2.45) is 5.92 Å². The first-order chi connectivity index (χ1) is 8.04. The molecule has 0 saturated heterocycles. The lowest BCUT2D eigenvalue weighted by molar-refractivity contribution is 0.151. The topological polar surface area (TPSA) is 32.3 Å². The fourth-order valence-corrected chi connectivity index (χ4v) is 1.54. The van der Waals surface area contributed by atoms with Crippen molar-refractivity contribution in [2.45, 2.75) is 32.9 Å². The summed E-state index contributed by atoms with van der Waals surface area (Å²) in [5.41, 5.74) is 0.977. The fraction of sp³-hybridized carbons (Fsp3) is 0.538. The number of aliphatic hydroxyl groups excluding tert-OH is 1. The number of nitrogens with one attached hydrogen (secondary N) is 1. The molecule has 0 radical (unpaired) electrons. The molecule has 0 heterocycles. The van der Waals surface area contributed by atoms with E-state index < -0.39 is 6.43 Å². The van der Waals surface area contributed by atoms with Crippen LogP contribution in [0.3, 0.4) is 0 Å². The first-order valence-corrected chi connectivity index (χ1v) is 5.75. The fourth-order valence-electron chi connectivity index (χ4n) is 1.54. The Balaban J connectivity index is 2.52. The second-order valence-corrected chi connectivity index (χ2v) is 4.46. The van der Waals surface area contributed by atoms with E-state index in [1.807, 2.05) is 13.8 Å². The maximum Gasteiger partial charge on any atom is 0.263 e. The van der Waals surface area contributed by atoms with Crippen molar-refractivity contribution in [1.29, 1.82) is 0 Å². The van der Waals surface area contributed by atoms with Gasteiger partial charge in [-0.15, -0.1) is 0 Å². The van der Waals surface area contributed by atoms with E-state index in [0.717, 1.165) is 5.56 Å². The predicted octanol–water partition coefficient (Wildman–Crippen LogP) is 2.73. The lowest BCUT2D eigenvalue weighted by Crippen LogP contribution is -2.36. The molecule has 1 rings (SSSR count). The number of alkyl halides is 2. The average Bonchev–Trinajstić information content (AvgIpc) is 2.30. The summed E-state index contributed by atoms with van der Waals surface area (Å²) in [4.78, 5) is 0. The van der Waals surface area contributed by atoms with Gasteiger partial charge in [0.25, 0.3) is 6.43 Å². The van der Waals surface area contributed by atoms with Gasteiger partial charge in [0.1, 0.15) is 0 Å². The lowest BCUT2D eigenvalue weighted by atomic mass is 10.0. The van der Waals surface area contributed by atoms with E-state index in [1.54, 1.807) is 12.1 Å². The van der Waals surface area contributed by atoms with E-state index in [-0.39, 0.29) is 18.2 Å². The smallest absolute Gasteiger partial charge is 0.263 e. The van der Waals surface area contributed by atoms with Crippen LogP contribution in [0, 0.1) is 5.92 Å². The summed E-state index contributed by atoms with van der Waals surface area (Å²) >= 11 is 0. The minimum Gasteiger partial charge on any atom is -0.395 e. The Labute approximate surface area is 101 Å². The molecule has 1 atom stereocenters. The van der Waals surface area contributed by atoms with E-state index in [9.17, 15) is 8.78 Å².